The van der Waals surface area contributed by atoms with Gasteiger partial charge in [-0.05, 0) is 18.2 Å². The van der Waals surface area contributed by atoms with Gasteiger partial charge < -0.3 is 14.8 Å². The lowest BCUT2D eigenvalue weighted by molar-refractivity contribution is -0.123. The summed E-state index contributed by atoms with van der Waals surface area (Å²) in [6, 6.07) is 4.78. The second kappa shape index (κ2) is 5.39. The van der Waals surface area contributed by atoms with Crippen LogP contribution in [0.1, 0.15) is 16.8 Å². The highest BCUT2D eigenvalue weighted by Crippen LogP contribution is 2.31. The van der Waals surface area contributed by atoms with Crippen LogP contribution < -0.4 is 10.1 Å². The fourth-order valence-corrected chi connectivity index (χ4v) is 2.09. The highest BCUT2D eigenvalue weighted by Gasteiger charge is 2.27. The molecule has 5 nitrogen and oxygen atoms in total. The van der Waals surface area contributed by atoms with Crippen molar-refractivity contribution in [2.24, 2.45) is 0 Å². The molecule has 1 aliphatic rings. The molecule has 18 heavy (non-hydrogen) atoms. The minimum absolute atomic E-state index is 0.173. The van der Waals surface area contributed by atoms with E-state index in [4.69, 9.17) is 4.74 Å². The predicted octanol–water partition coefficient (Wildman–Crippen LogP) is 1.96. The van der Waals surface area contributed by atoms with E-state index in [-0.39, 0.29) is 5.91 Å². The van der Waals surface area contributed by atoms with Crippen molar-refractivity contribution in [3.05, 3.63) is 23.8 Å². The molecule has 1 unspecified atom stereocenters. The molecule has 1 amide bonds. The van der Waals surface area contributed by atoms with Crippen molar-refractivity contribution in [3.63, 3.8) is 0 Å². The van der Waals surface area contributed by atoms with Gasteiger partial charge in [-0.1, -0.05) is 15.9 Å². The number of fused-ring (bicyclic) bond motifs is 1. The van der Waals surface area contributed by atoms with Gasteiger partial charge in [0.05, 0.1) is 18.4 Å². The summed E-state index contributed by atoms with van der Waals surface area (Å²) < 4.78 is 10.2. The lowest BCUT2D eigenvalue weighted by atomic mass is 10.1. The SMILES string of the molecule is COC(=O)c1ccc2c(c1)OC(CCBr)C(=O)N2. The molecule has 0 fully saturated rings. The monoisotopic (exact) mass is 313 g/mol. The Kier molecular flexibility index (Phi) is 3.86. The highest BCUT2D eigenvalue weighted by atomic mass is 79.9. The number of anilines is 1. The van der Waals surface area contributed by atoms with Gasteiger partial charge in [-0.25, -0.2) is 4.79 Å². The fourth-order valence-electron chi connectivity index (χ4n) is 1.68. The average molecular weight is 314 g/mol. The van der Waals surface area contributed by atoms with Crippen LogP contribution in [0.4, 0.5) is 5.69 Å². The van der Waals surface area contributed by atoms with Crippen molar-refractivity contribution in [3.8, 4) is 5.75 Å². The molecule has 0 spiro atoms. The lowest BCUT2D eigenvalue weighted by Crippen LogP contribution is -2.37. The first kappa shape index (κ1) is 12.9. The third kappa shape index (κ3) is 2.48. The van der Waals surface area contributed by atoms with Crippen molar-refractivity contribution in [2.75, 3.05) is 17.8 Å². The first-order chi connectivity index (χ1) is 8.65. The quantitative estimate of drug-likeness (QED) is 0.684. The highest BCUT2D eigenvalue weighted by molar-refractivity contribution is 9.09. The Bertz CT molecular complexity index is 489. The van der Waals surface area contributed by atoms with Crippen LogP contribution in [0.2, 0.25) is 0 Å². The topological polar surface area (TPSA) is 64.6 Å². The zero-order chi connectivity index (χ0) is 13.1. The summed E-state index contributed by atoms with van der Waals surface area (Å²) in [5.74, 6) is -0.119. The third-order valence-electron chi connectivity index (χ3n) is 2.59. The molecular formula is C12H12BrNO4. The van der Waals surface area contributed by atoms with Gasteiger partial charge in [0, 0.05) is 11.8 Å². The van der Waals surface area contributed by atoms with E-state index in [0.29, 0.717) is 28.8 Å². The van der Waals surface area contributed by atoms with Crippen LogP contribution in [-0.4, -0.2) is 30.4 Å². The normalized spacial score (nSPS) is 17.4. The molecule has 0 radical (unpaired) electrons. The second-order valence-electron chi connectivity index (χ2n) is 3.78. The molecule has 1 heterocycles. The number of hydrogen-bond acceptors (Lipinski definition) is 4. The summed E-state index contributed by atoms with van der Waals surface area (Å²) in [6.45, 7) is 0. The minimum Gasteiger partial charge on any atom is -0.478 e. The summed E-state index contributed by atoms with van der Waals surface area (Å²) in [7, 11) is 1.32. The zero-order valence-electron chi connectivity index (χ0n) is 9.73. The number of halogens is 1. The number of carbonyl (C=O) groups excluding carboxylic acids is 2. The van der Waals surface area contributed by atoms with Gasteiger partial charge in [0.2, 0.25) is 0 Å². The summed E-state index contributed by atoms with van der Waals surface area (Å²) in [4.78, 5) is 23.1. The van der Waals surface area contributed by atoms with E-state index >= 15 is 0 Å². The van der Waals surface area contributed by atoms with Gasteiger partial charge in [0.15, 0.2) is 6.10 Å². The Labute approximate surface area is 113 Å². The minimum atomic E-state index is -0.537. The van der Waals surface area contributed by atoms with E-state index in [1.165, 1.54) is 7.11 Å². The number of alkyl halides is 1. The van der Waals surface area contributed by atoms with Gasteiger partial charge in [0.25, 0.3) is 5.91 Å². The Balaban J connectivity index is 2.28. The Morgan fingerprint density at radius 3 is 3.00 bits per heavy atom. The van der Waals surface area contributed by atoms with Crippen LogP contribution in [0.3, 0.4) is 0 Å². The number of benzene rings is 1. The molecule has 96 valence electrons. The maximum atomic E-state index is 11.7. The largest absolute Gasteiger partial charge is 0.478 e. The number of methoxy groups -OCH3 is 1. The predicted molar refractivity (Wildman–Crippen MR) is 69.2 cm³/mol. The van der Waals surface area contributed by atoms with Crippen LogP contribution in [-0.2, 0) is 9.53 Å². The molecule has 0 aliphatic carbocycles. The van der Waals surface area contributed by atoms with Crippen molar-refractivity contribution in [2.45, 2.75) is 12.5 Å². The molecule has 0 saturated carbocycles. The first-order valence-corrected chi connectivity index (χ1v) is 6.53. The standard InChI is InChI=1S/C12H12BrNO4/c1-17-12(16)7-2-3-8-10(6-7)18-9(4-5-13)11(15)14-8/h2-3,6,9H,4-5H2,1H3,(H,14,15). The summed E-state index contributed by atoms with van der Waals surface area (Å²) in [5, 5.41) is 3.41. The van der Waals surface area contributed by atoms with Gasteiger partial charge in [-0.3, -0.25) is 4.79 Å². The van der Waals surface area contributed by atoms with Gasteiger partial charge in [-0.15, -0.1) is 0 Å². The van der Waals surface area contributed by atoms with E-state index in [1.54, 1.807) is 18.2 Å². The van der Waals surface area contributed by atoms with Crippen LogP contribution in [0.25, 0.3) is 0 Å². The Morgan fingerprint density at radius 1 is 1.56 bits per heavy atom. The number of amides is 1. The molecule has 1 aromatic rings. The molecule has 1 aliphatic heterocycles. The Morgan fingerprint density at radius 2 is 2.33 bits per heavy atom. The van der Waals surface area contributed by atoms with Crippen molar-refractivity contribution in [1.82, 2.24) is 0 Å². The van der Waals surface area contributed by atoms with E-state index in [0.717, 1.165) is 0 Å². The molecule has 6 heteroatoms. The number of nitrogens with one attached hydrogen (secondary N) is 1. The number of esters is 1. The molecule has 1 aromatic carbocycles. The molecule has 2 rings (SSSR count). The van der Waals surface area contributed by atoms with E-state index in [2.05, 4.69) is 26.0 Å². The van der Waals surface area contributed by atoms with Crippen molar-refractivity contribution in [1.29, 1.82) is 0 Å². The number of ether oxygens (including phenoxy) is 2. The Hall–Kier alpha value is -1.56. The van der Waals surface area contributed by atoms with Gasteiger partial charge >= 0.3 is 5.97 Å². The first-order valence-electron chi connectivity index (χ1n) is 5.41. The van der Waals surface area contributed by atoms with E-state index in [1.807, 2.05) is 0 Å². The van der Waals surface area contributed by atoms with Crippen LogP contribution in [0.5, 0.6) is 5.75 Å². The van der Waals surface area contributed by atoms with Gasteiger partial charge in [0.1, 0.15) is 5.75 Å². The molecular weight excluding hydrogens is 302 g/mol. The second-order valence-corrected chi connectivity index (χ2v) is 4.57. The summed E-state index contributed by atoms with van der Waals surface area (Å²) in [5.41, 5.74) is 0.962. The smallest absolute Gasteiger partial charge is 0.337 e. The summed E-state index contributed by atoms with van der Waals surface area (Å²) in [6.07, 6.45) is 0.0260. The maximum absolute atomic E-state index is 11.7. The number of carbonyl (C=O) groups is 2. The average Bonchev–Trinajstić information content (AvgIpc) is 2.38. The number of hydrogen-bond donors (Lipinski definition) is 1. The number of rotatable bonds is 3. The van der Waals surface area contributed by atoms with Crippen molar-refractivity contribution < 1.29 is 19.1 Å². The van der Waals surface area contributed by atoms with Gasteiger partial charge in [-0.2, -0.15) is 0 Å². The maximum Gasteiger partial charge on any atom is 0.337 e. The van der Waals surface area contributed by atoms with Crippen LogP contribution in [0.15, 0.2) is 18.2 Å². The summed E-state index contributed by atoms with van der Waals surface area (Å²) >= 11 is 3.27. The fraction of sp³-hybridized carbons (Fsp3) is 0.333. The molecule has 0 saturated heterocycles. The van der Waals surface area contributed by atoms with E-state index < -0.39 is 12.1 Å². The molecule has 0 aromatic heterocycles. The third-order valence-corrected chi connectivity index (χ3v) is 3.05. The molecule has 1 N–H and O–H groups in total. The van der Waals surface area contributed by atoms with Crippen LogP contribution in [0, 0.1) is 0 Å². The van der Waals surface area contributed by atoms with Crippen molar-refractivity contribution >= 4 is 33.5 Å². The molecule has 1 atom stereocenters. The lowest BCUT2D eigenvalue weighted by Gasteiger charge is -2.25. The molecule has 0 bridgehead atoms. The zero-order valence-corrected chi connectivity index (χ0v) is 11.3. The van der Waals surface area contributed by atoms with E-state index in [9.17, 15) is 9.59 Å². The van der Waals surface area contributed by atoms with Crippen LogP contribution >= 0.6 is 15.9 Å².